The van der Waals surface area contributed by atoms with Crippen LogP contribution < -0.4 is 4.72 Å². The van der Waals surface area contributed by atoms with E-state index in [1.54, 1.807) is 17.5 Å². The van der Waals surface area contributed by atoms with Crippen molar-refractivity contribution in [2.45, 2.75) is 23.5 Å². The van der Waals surface area contributed by atoms with Crippen LogP contribution in [-0.2, 0) is 25.7 Å². The number of halogens is 3. The molecule has 2 aromatic rings. The molecule has 10 heteroatoms. The summed E-state index contributed by atoms with van der Waals surface area (Å²) in [5.74, 6) is -0.648. The van der Waals surface area contributed by atoms with Crippen LogP contribution in [0.15, 0.2) is 46.7 Å². The van der Waals surface area contributed by atoms with Gasteiger partial charge in [-0.15, -0.1) is 11.3 Å². The maximum absolute atomic E-state index is 12.8. The molecule has 25 heavy (non-hydrogen) atoms. The molecule has 0 aliphatic rings. The molecule has 1 atom stereocenters. The quantitative estimate of drug-likeness (QED) is 0.764. The maximum atomic E-state index is 12.8. The first-order valence-corrected chi connectivity index (χ1v) is 9.29. The molecule has 0 saturated heterocycles. The van der Waals surface area contributed by atoms with E-state index in [-0.39, 0.29) is 6.42 Å². The summed E-state index contributed by atoms with van der Waals surface area (Å²) in [4.78, 5) is 11.5. The van der Waals surface area contributed by atoms with Gasteiger partial charge in [-0.1, -0.05) is 12.1 Å². The molecular formula is C15H14F3NO4S2. The molecule has 2 rings (SSSR count). The summed E-state index contributed by atoms with van der Waals surface area (Å²) in [6, 6.07) is 5.75. The zero-order valence-electron chi connectivity index (χ0n) is 12.9. The highest BCUT2D eigenvalue weighted by Crippen LogP contribution is 2.31. The van der Waals surface area contributed by atoms with Gasteiger partial charge in [0.15, 0.2) is 0 Å². The second kappa shape index (κ2) is 7.54. The number of benzene rings is 1. The largest absolute Gasteiger partial charge is 0.469 e. The topological polar surface area (TPSA) is 72.5 Å². The van der Waals surface area contributed by atoms with Crippen molar-refractivity contribution in [3.8, 4) is 0 Å². The summed E-state index contributed by atoms with van der Waals surface area (Å²) >= 11 is 1.21. The van der Waals surface area contributed by atoms with Gasteiger partial charge in [-0.2, -0.15) is 13.2 Å². The molecule has 0 fully saturated rings. The van der Waals surface area contributed by atoms with E-state index in [2.05, 4.69) is 9.46 Å². The number of hydrogen-bond donors (Lipinski definition) is 1. The minimum Gasteiger partial charge on any atom is -0.469 e. The van der Waals surface area contributed by atoms with Crippen LogP contribution in [0.2, 0.25) is 0 Å². The highest BCUT2D eigenvalue weighted by molar-refractivity contribution is 7.89. The van der Waals surface area contributed by atoms with Crippen molar-refractivity contribution in [2.75, 3.05) is 7.11 Å². The van der Waals surface area contributed by atoms with Crippen molar-refractivity contribution < 1.29 is 31.1 Å². The van der Waals surface area contributed by atoms with Crippen molar-refractivity contribution in [3.05, 3.63) is 52.2 Å². The Morgan fingerprint density at radius 3 is 2.56 bits per heavy atom. The van der Waals surface area contributed by atoms with Crippen molar-refractivity contribution in [2.24, 2.45) is 0 Å². The molecule has 0 aliphatic heterocycles. The minimum absolute atomic E-state index is 0.283. The Hall–Kier alpha value is -1.91. The van der Waals surface area contributed by atoms with Crippen molar-refractivity contribution in [1.29, 1.82) is 0 Å². The smallest absolute Gasteiger partial charge is 0.416 e. The van der Waals surface area contributed by atoms with Gasteiger partial charge in [0.05, 0.1) is 30.0 Å². The number of methoxy groups -OCH3 is 1. The summed E-state index contributed by atoms with van der Waals surface area (Å²) in [6.07, 6.45) is -4.94. The third-order valence-electron chi connectivity index (χ3n) is 3.25. The molecule has 5 nitrogen and oxygen atoms in total. The Balaban J connectivity index is 2.33. The van der Waals surface area contributed by atoms with E-state index in [0.29, 0.717) is 10.9 Å². The fraction of sp³-hybridized carbons (Fsp3) is 0.267. The number of esters is 1. The highest BCUT2D eigenvalue weighted by atomic mass is 32.2. The van der Waals surface area contributed by atoms with E-state index >= 15 is 0 Å². The van der Waals surface area contributed by atoms with E-state index in [1.165, 1.54) is 11.3 Å². The second-order valence-corrected chi connectivity index (χ2v) is 7.69. The maximum Gasteiger partial charge on any atom is 0.416 e. The van der Waals surface area contributed by atoms with Gasteiger partial charge in [-0.3, -0.25) is 4.79 Å². The lowest BCUT2D eigenvalue weighted by atomic mass is 10.2. The number of carbonyl (C=O) groups is 1. The van der Waals surface area contributed by atoms with E-state index in [4.69, 9.17) is 0 Å². The van der Waals surface area contributed by atoms with Crippen molar-refractivity contribution in [3.63, 3.8) is 0 Å². The Kier molecular flexibility index (Phi) is 5.86. The number of hydrogen-bond acceptors (Lipinski definition) is 5. The summed E-state index contributed by atoms with van der Waals surface area (Å²) in [6.45, 7) is 0. The second-order valence-electron chi connectivity index (χ2n) is 5.00. The van der Waals surface area contributed by atoms with Crippen LogP contribution >= 0.6 is 11.3 Å². The van der Waals surface area contributed by atoms with Gasteiger partial charge in [-0.25, -0.2) is 13.1 Å². The number of nitrogens with one attached hydrogen (secondary N) is 1. The first-order chi connectivity index (χ1) is 11.6. The number of thiophene rings is 1. The van der Waals surface area contributed by atoms with Gasteiger partial charge in [0.2, 0.25) is 10.0 Å². The SMILES string of the molecule is COC(=O)CC(NS(=O)(=O)c1cccc(C(F)(F)F)c1)c1cccs1. The number of ether oxygens (including phenoxy) is 1. The molecule has 1 aromatic heterocycles. The lowest BCUT2D eigenvalue weighted by Crippen LogP contribution is -2.30. The average Bonchev–Trinajstić information content (AvgIpc) is 3.07. The molecule has 136 valence electrons. The van der Waals surface area contributed by atoms with E-state index < -0.39 is 38.7 Å². The van der Waals surface area contributed by atoms with E-state index in [1.807, 2.05) is 0 Å². The number of sulfonamides is 1. The molecule has 1 unspecified atom stereocenters. The third kappa shape index (κ3) is 5.03. The molecule has 1 heterocycles. The number of alkyl halides is 3. The van der Waals surface area contributed by atoms with Gasteiger partial charge < -0.3 is 4.74 Å². The number of rotatable bonds is 6. The van der Waals surface area contributed by atoms with Crippen LogP contribution in [0.25, 0.3) is 0 Å². The third-order valence-corrected chi connectivity index (χ3v) is 5.71. The summed E-state index contributed by atoms with van der Waals surface area (Å²) in [5, 5.41) is 1.69. The predicted molar refractivity (Wildman–Crippen MR) is 85.5 cm³/mol. The molecule has 0 amide bonds. The van der Waals surface area contributed by atoms with Gasteiger partial charge in [0.25, 0.3) is 0 Å². The van der Waals surface area contributed by atoms with Crippen LogP contribution in [0.4, 0.5) is 13.2 Å². The lowest BCUT2D eigenvalue weighted by Gasteiger charge is -2.17. The van der Waals surface area contributed by atoms with Gasteiger partial charge in [-0.05, 0) is 29.6 Å². The molecule has 0 spiro atoms. The monoisotopic (exact) mass is 393 g/mol. The summed E-state index contributed by atoms with van der Waals surface area (Å²) < 4.78 is 70.1. The molecular weight excluding hydrogens is 379 g/mol. The predicted octanol–water partition coefficient (Wildman–Crippen LogP) is 3.35. The van der Waals surface area contributed by atoms with Crippen LogP contribution in [0.5, 0.6) is 0 Å². The van der Waals surface area contributed by atoms with Gasteiger partial charge in [0.1, 0.15) is 0 Å². The molecule has 0 radical (unpaired) electrons. The van der Waals surface area contributed by atoms with Crippen LogP contribution in [-0.4, -0.2) is 21.5 Å². The highest BCUT2D eigenvalue weighted by Gasteiger charge is 2.32. The van der Waals surface area contributed by atoms with E-state index in [9.17, 15) is 26.4 Å². The van der Waals surface area contributed by atoms with Gasteiger partial charge in [0, 0.05) is 4.88 Å². The fourth-order valence-corrected chi connectivity index (χ4v) is 4.15. The molecule has 0 aliphatic carbocycles. The van der Waals surface area contributed by atoms with Crippen molar-refractivity contribution >= 4 is 27.3 Å². The molecule has 0 bridgehead atoms. The normalized spacial score (nSPS) is 13.4. The van der Waals surface area contributed by atoms with Crippen LogP contribution in [0.1, 0.15) is 22.9 Å². The Labute approximate surface area is 146 Å². The molecule has 1 N–H and O–H groups in total. The lowest BCUT2D eigenvalue weighted by molar-refractivity contribution is -0.141. The summed E-state index contributed by atoms with van der Waals surface area (Å²) in [5.41, 5.74) is -1.07. The molecule has 0 saturated carbocycles. The minimum atomic E-state index is -4.66. The zero-order valence-corrected chi connectivity index (χ0v) is 14.5. The Bertz CT molecular complexity index is 833. The average molecular weight is 393 g/mol. The van der Waals surface area contributed by atoms with Crippen LogP contribution in [0.3, 0.4) is 0 Å². The summed E-state index contributed by atoms with van der Waals surface area (Å²) in [7, 11) is -3.11. The van der Waals surface area contributed by atoms with Gasteiger partial charge >= 0.3 is 12.1 Å². The first-order valence-electron chi connectivity index (χ1n) is 6.93. The Morgan fingerprint density at radius 2 is 2.00 bits per heavy atom. The van der Waals surface area contributed by atoms with Crippen LogP contribution in [0, 0.1) is 0 Å². The first kappa shape index (κ1) is 19.4. The molecule has 1 aromatic carbocycles. The fourth-order valence-electron chi connectivity index (χ4n) is 2.03. The Morgan fingerprint density at radius 1 is 1.28 bits per heavy atom. The standard InChI is InChI=1S/C15H14F3NO4S2/c1-23-14(20)9-12(13-6-3-7-24-13)19-25(21,22)11-5-2-4-10(8-11)15(16,17)18/h2-8,12,19H,9H2,1H3. The zero-order chi connectivity index (χ0) is 18.7. The number of carbonyl (C=O) groups excluding carboxylic acids is 1. The van der Waals surface area contributed by atoms with Crippen molar-refractivity contribution in [1.82, 2.24) is 4.72 Å². The van der Waals surface area contributed by atoms with E-state index in [0.717, 1.165) is 25.3 Å².